The van der Waals surface area contributed by atoms with E-state index in [1.54, 1.807) is 11.8 Å². The van der Waals surface area contributed by atoms with Crippen molar-refractivity contribution in [3.63, 3.8) is 0 Å². The minimum absolute atomic E-state index is 0.00115. The fraction of sp³-hybridized carbons (Fsp3) is 0.357. The molecule has 0 spiro atoms. The van der Waals surface area contributed by atoms with Crippen LogP contribution in [0.2, 0.25) is 0 Å². The number of hydrogen-bond donors (Lipinski definition) is 0. The topological polar surface area (TPSA) is 51.0 Å². The van der Waals surface area contributed by atoms with Crippen molar-refractivity contribution in [3.8, 4) is 0 Å². The third-order valence-electron chi connectivity index (χ3n) is 3.35. The molecule has 1 fully saturated rings. The highest BCUT2D eigenvalue weighted by molar-refractivity contribution is 9.10. The van der Waals surface area contributed by atoms with Crippen LogP contribution >= 0.6 is 27.7 Å². The number of carbonyl (C=O) groups excluding carboxylic acids is 1. The van der Waals surface area contributed by atoms with Gasteiger partial charge in [-0.3, -0.25) is 4.79 Å². The Hall–Kier alpha value is -1.34. The summed E-state index contributed by atoms with van der Waals surface area (Å²) in [6.07, 6.45) is 1.93. The molecule has 0 aliphatic carbocycles. The zero-order chi connectivity index (χ0) is 14.8. The van der Waals surface area contributed by atoms with Crippen LogP contribution in [0.1, 0.15) is 23.6 Å². The number of halogens is 1. The number of amides is 1. The molecule has 1 aliphatic rings. The molecule has 7 heteroatoms. The molecule has 21 heavy (non-hydrogen) atoms. The summed E-state index contributed by atoms with van der Waals surface area (Å²) in [5.41, 5.74) is 2.01. The maximum absolute atomic E-state index is 11.8. The summed E-state index contributed by atoms with van der Waals surface area (Å²) in [6, 6.07) is 8.11. The van der Waals surface area contributed by atoms with Crippen LogP contribution in [0.25, 0.3) is 0 Å². The van der Waals surface area contributed by atoms with E-state index in [-0.39, 0.29) is 11.3 Å². The third kappa shape index (κ3) is 3.13. The van der Waals surface area contributed by atoms with E-state index in [1.807, 2.05) is 34.8 Å². The van der Waals surface area contributed by atoms with Crippen LogP contribution in [0.4, 0.5) is 0 Å². The first-order valence-electron chi connectivity index (χ1n) is 6.73. The average Bonchev–Trinajstić information content (AvgIpc) is 3.05. The van der Waals surface area contributed by atoms with Crippen LogP contribution in [0.15, 0.2) is 34.9 Å². The smallest absolute Gasteiger partial charge is 0.233 e. The molecule has 0 radical (unpaired) electrons. The largest absolute Gasteiger partial charge is 0.324 e. The van der Waals surface area contributed by atoms with Gasteiger partial charge in [-0.2, -0.15) is 0 Å². The third-order valence-corrected chi connectivity index (χ3v) is 5.07. The van der Waals surface area contributed by atoms with E-state index in [4.69, 9.17) is 0 Å². The molecule has 5 nitrogen and oxygen atoms in total. The Balaban J connectivity index is 1.76. The summed E-state index contributed by atoms with van der Waals surface area (Å²) in [5.74, 6) is 0.700. The van der Waals surface area contributed by atoms with Crippen LogP contribution in [-0.4, -0.2) is 38.1 Å². The number of thioether (sulfide) groups is 1. The van der Waals surface area contributed by atoms with Crippen LogP contribution in [0, 0.1) is 0 Å². The highest BCUT2D eigenvalue weighted by Crippen LogP contribution is 2.37. The summed E-state index contributed by atoms with van der Waals surface area (Å²) in [7, 11) is 0. The molecular weight excluding hydrogens is 352 g/mol. The van der Waals surface area contributed by atoms with Crippen LogP contribution < -0.4 is 0 Å². The van der Waals surface area contributed by atoms with Gasteiger partial charge in [-0.15, -0.1) is 16.9 Å². The Bertz CT molecular complexity index is 660. The quantitative estimate of drug-likeness (QED) is 0.834. The van der Waals surface area contributed by atoms with Crippen molar-refractivity contribution >= 4 is 33.6 Å². The van der Waals surface area contributed by atoms with Crippen LogP contribution in [0.5, 0.6) is 0 Å². The molecule has 1 aromatic heterocycles. The van der Waals surface area contributed by atoms with E-state index in [1.165, 1.54) is 0 Å². The lowest BCUT2D eigenvalue weighted by Gasteiger charge is -2.19. The Labute approximate surface area is 135 Å². The van der Waals surface area contributed by atoms with Gasteiger partial charge >= 0.3 is 0 Å². The van der Waals surface area contributed by atoms with Crippen molar-refractivity contribution in [2.45, 2.75) is 18.8 Å². The van der Waals surface area contributed by atoms with Crippen LogP contribution in [0.3, 0.4) is 0 Å². The molecular formula is C14H15BrN4OS. The van der Waals surface area contributed by atoms with Gasteiger partial charge in [-0.05, 0) is 24.6 Å². The fourth-order valence-electron chi connectivity index (χ4n) is 2.37. The van der Waals surface area contributed by atoms with E-state index in [0.717, 1.165) is 15.7 Å². The molecule has 1 atom stereocenters. The zero-order valence-corrected chi connectivity index (χ0v) is 14.0. The van der Waals surface area contributed by atoms with Crippen molar-refractivity contribution in [1.29, 1.82) is 0 Å². The molecule has 3 rings (SSSR count). The molecule has 1 saturated heterocycles. The van der Waals surface area contributed by atoms with Gasteiger partial charge in [-0.1, -0.05) is 33.3 Å². The summed E-state index contributed by atoms with van der Waals surface area (Å²) < 4.78 is 2.86. The highest BCUT2D eigenvalue weighted by Gasteiger charge is 2.33. The Kier molecular flexibility index (Phi) is 4.30. The molecule has 0 bridgehead atoms. The van der Waals surface area contributed by atoms with E-state index in [2.05, 4.69) is 38.4 Å². The summed E-state index contributed by atoms with van der Waals surface area (Å²) in [5, 5.41) is 8.41. The minimum Gasteiger partial charge on any atom is -0.324 e. The number of carbonyl (C=O) groups is 1. The number of aromatic nitrogens is 3. The second-order valence-electron chi connectivity index (χ2n) is 4.81. The molecule has 1 aliphatic heterocycles. The van der Waals surface area contributed by atoms with E-state index < -0.39 is 0 Å². The summed E-state index contributed by atoms with van der Waals surface area (Å²) in [6.45, 7) is 3.36. The first-order valence-corrected chi connectivity index (χ1v) is 8.57. The molecule has 1 amide bonds. The molecule has 2 aromatic rings. The van der Waals surface area contributed by atoms with Gasteiger partial charge in [0.2, 0.25) is 5.91 Å². The maximum Gasteiger partial charge on any atom is 0.233 e. The Morgan fingerprint density at radius 3 is 3.10 bits per heavy atom. The van der Waals surface area contributed by atoms with Gasteiger partial charge in [0.05, 0.1) is 18.5 Å². The monoisotopic (exact) mass is 366 g/mol. The van der Waals surface area contributed by atoms with Gasteiger partial charge in [0.25, 0.3) is 0 Å². The van der Waals surface area contributed by atoms with Gasteiger partial charge in [0, 0.05) is 11.0 Å². The van der Waals surface area contributed by atoms with Crippen molar-refractivity contribution < 1.29 is 4.79 Å². The first-order chi connectivity index (χ1) is 10.2. The maximum atomic E-state index is 11.8. The first kappa shape index (κ1) is 14.6. The molecule has 1 unspecified atom stereocenters. The average molecular weight is 367 g/mol. The highest BCUT2D eigenvalue weighted by atomic mass is 79.9. The summed E-state index contributed by atoms with van der Waals surface area (Å²) >= 11 is 5.08. The minimum atomic E-state index is -0.00115. The molecule has 1 aromatic carbocycles. The number of nitrogens with zero attached hydrogens (tertiary/aromatic N) is 4. The lowest BCUT2D eigenvalue weighted by atomic mass is 10.2. The molecule has 110 valence electrons. The zero-order valence-electron chi connectivity index (χ0n) is 11.6. The Morgan fingerprint density at radius 2 is 2.33 bits per heavy atom. The second-order valence-corrected chi connectivity index (χ2v) is 6.80. The van der Waals surface area contributed by atoms with Gasteiger partial charge in [0.1, 0.15) is 11.1 Å². The van der Waals surface area contributed by atoms with Gasteiger partial charge in [0.15, 0.2) is 0 Å². The molecule has 0 N–H and O–H groups in total. The predicted molar refractivity (Wildman–Crippen MR) is 85.9 cm³/mol. The SMILES string of the molecule is CCN1C(=O)CSC1c1cn(Cc2cccc(Br)c2)nn1. The Morgan fingerprint density at radius 1 is 1.48 bits per heavy atom. The second kappa shape index (κ2) is 6.19. The van der Waals surface area contributed by atoms with E-state index in [0.29, 0.717) is 18.8 Å². The van der Waals surface area contributed by atoms with Gasteiger partial charge < -0.3 is 4.90 Å². The normalized spacial score (nSPS) is 18.5. The van der Waals surface area contributed by atoms with Crippen molar-refractivity contribution in [1.82, 2.24) is 19.9 Å². The lowest BCUT2D eigenvalue weighted by molar-refractivity contribution is -0.127. The molecule has 2 heterocycles. The van der Waals surface area contributed by atoms with Crippen molar-refractivity contribution in [3.05, 3.63) is 46.2 Å². The van der Waals surface area contributed by atoms with Crippen LogP contribution in [-0.2, 0) is 11.3 Å². The number of benzene rings is 1. The standard InChI is InChI=1S/C14H15BrN4OS/c1-2-19-13(20)9-21-14(19)12-8-18(17-16-12)7-10-4-3-5-11(15)6-10/h3-6,8,14H,2,7,9H2,1H3. The van der Waals surface area contributed by atoms with Gasteiger partial charge in [-0.25, -0.2) is 4.68 Å². The van der Waals surface area contributed by atoms with Crippen molar-refractivity contribution in [2.75, 3.05) is 12.3 Å². The predicted octanol–water partition coefficient (Wildman–Crippen LogP) is 2.68. The number of hydrogen-bond acceptors (Lipinski definition) is 4. The fourth-order valence-corrected chi connectivity index (χ4v) is 4.01. The number of rotatable bonds is 4. The molecule has 0 saturated carbocycles. The van der Waals surface area contributed by atoms with E-state index >= 15 is 0 Å². The van der Waals surface area contributed by atoms with E-state index in [9.17, 15) is 4.79 Å². The summed E-state index contributed by atoms with van der Waals surface area (Å²) in [4.78, 5) is 13.6. The van der Waals surface area contributed by atoms with Crippen molar-refractivity contribution in [2.24, 2.45) is 0 Å². The lowest BCUT2D eigenvalue weighted by Crippen LogP contribution is -2.27.